The quantitative estimate of drug-likeness (QED) is 0.299. The number of carbonyl (C=O) groups excluding carboxylic acids is 3. The third-order valence-corrected chi connectivity index (χ3v) is 2.14. The molecule has 0 aromatic heterocycles. The van der Waals surface area contributed by atoms with E-state index < -0.39 is 0 Å². The minimum absolute atomic E-state index is 0.165. The Hall–Kier alpha value is -1.39. The zero-order valence-electron chi connectivity index (χ0n) is 9.52. The molecule has 16 heavy (non-hydrogen) atoms. The first kappa shape index (κ1) is 14.6. The summed E-state index contributed by atoms with van der Waals surface area (Å²) in [5.74, 6) is -0.331. The first-order chi connectivity index (χ1) is 7.67. The molecule has 0 N–H and O–H groups in total. The molecular formula is C11H16BNO3. The van der Waals surface area contributed by atoms with Crippen molar-refractivity contribution in [3.05, 3.63) is 12.2 Å². The van der Waals surface area contributed by atoms with Crippen molar-refractivity contribution in [2.24, 2.45) is 0 Å². The van der Waals surface area contributed by atoms with Crippen LogP contribution in [0.2, 0.25) is 0 Å². The Morgan fingerprint density at radius 2 is 1.69 bits per heavy atom. The number of hydrogen-bond acceptors (Lipinski definition) is 3. The second-order valence-corrected chi connectivity index (χ2v) is 3.36. The third kappa shape index (κ3) is 5.48. The summed E-state index contributed by atoms with van der Waals surface area (Å²) >= 11 is 0. The molecule has 2 amide bonds. The zero-order valence-corrected chi connectivity index (χ0v) is 9.52. The average Bonchev–Trinajstić information content (AvgIpc) is 2.56. The number of rotatable bonds is 5. The van der Waals surface area contributed by atoms with Gasteiger partial charge in [0, 0.05) is 18.7 Å². The molecule has 86 valence electrons. The van der Waals surface area contributed by atoms with Gasteiger partial charge < -0.3 is 4.79 Å². The number of imide groups is 1. The Balaban J connectivity index is 0.000000673. The molecule has 0 atom stereocenters. The van der Waals surface area contributed by atoms with Crippen LogP contribution in [0.15, 0.2) is 12.2 Å². The van der Waals surface area contributed by atoms with E-state index in [-0.39, 0.29) is 18.0 Å². The molecule has 0 saturated heterocycles. The molecule has 1 rings (SSSR count). The van der Waals surface area contributed by atoms with E-state index >= 15 is 0 Å². The lowest BCUT2D eigenvalue weighted by molar-refractivity contribution is -0.136. The van der Waals surface area contributed by atoms with Crippen molar-refractivity contribution >= 4 is 25.8 Å². The SMILES string of the molecule is CCCCCCN1C(=O)C=CC1=O.[B]C=O. The van der Waals surface area contributed by atoms with E-state index in [0.717, 1.165) is 12.8 Å². The van der Waals surface area contributed by atoms with Gasteiger partial charge in [0.05, 0.1) is 6.19 Å². The molecule has 4 nitrogen and oxygen atoms in total. The van der Waals surface area contributed by atoms with Crippen LogP contribution in [0.4, 0.5) is 0 Å². The molecule has 0 spiro atoms. The first-order valence-electron chi connectivity index (χ1n) is 5.36. The summed E-state index contributed by atoms with van der Waals surface area (Å²) in [5, 5.41) is 0. The second kappa shape index (κ2) is 8.89. The van der Waals surface area contributed by atoms with E-state index in [4.69, 9.17) is 4.79 Å². The molecule has 2 radical (unpaired) electrons. The highest BCUT2D eigenvalue weighted by atomic mass is 16.2. The van der Waals surface area contributed by atoms with Gasteiger partial charge in [0.25, 0.3) is 11.8 Å². The number of amides is 2. The van der Waals surface area contributed by atoms with E-state index in [1.807, 2.05) is 0 Å². The lowest BCUT2D eigenvalue weighted by atomic mass is 10.2. The topological polar surface area (TPSA) is 54.5 Å². The Kier molecular flexibility index (Phi) is 8.12. The summed E-state index contributed by atoms with van der Waals surface area (Å²) < 4.78 is 0. The minimum atomic E-state index is -0.165. The molecule has 0 aliphatic carbocycles. The van der Waals surface area contributed by atoms with E-state index in [9.17, 15) is 9.59 Å². The number of hydrogen-bond donors (Lipinski definition) is 0. The molecule has 1 aliphatic heterocycles. The molecule has 0 saturated carbocycles. The van der Waals surface area contributed by atoms with E-state index in [1.54, 1.807) is 0 Å². The maximum absolute atomic E-state index is 11.1. The highest BCUT2D eigenvalue weighted by Gasteiger charge is 2.21. The first-order valence-corrected chi connectivity index (χ1v) is 5.36. The van der Waals surface area contributed by atoms with Crippen LogP contribution in [0.3, 0.4) is 0 Å². The Morgan fingerprint density at radius 3 is 2.12 bits per heavy atom. The normalized spacial score (nSPS) is 13.7. The highest BCUT2D eigenvalue weighted by molar-refractivity contribution is 6.48. The van der Waals surface area contributed by atoms with Crippen molar-refractivity contribution < 1.29 is 14.4 Å². The predicted molar refractivity (Wildman–Crippen MR) is 62.5 cm³/mol. The standard InChI is InChI=1S/C10H15NO2.CHBO/c1-2-3-4-5-8-11-9(12)6-7-10(11)13;2-1-3/h6-7H,2-5,8H2,1H3;1H. The van der Waals surface area contributed by atoms with E-state index in [0.29, 0.717) is 6.54 Å². The maximum Gasteiger partial charge on any atom is 0.253 e. The lowest BCUT2D eigenvalue weighted by Crippen LogP contribution is -2.30. The second-order valence-electron chi connectivity index (χ2n) is 3.36. The summed E-state index contributed by atoms with van der Waals surface area (Å²) in [6, 6.07) is 0. The van der Waals surface area contributed by atoms with Gasteiger partial charge in [-0.25, -0.2) is 0 Å². The van der Waals surface area contributed by atoms with Crippen LogP contribution in [0.5, 0.6) is 0 Å². The predicted octanol–water partition coefficient (Wildman–Crippen LogP) is 0.837. The molecule has 0 fully saturated rings. The van der Waals surface area contributed by atoms with Gasteiger partial charge in [-0.1, -0.05) is 26.2 Å². The van der Waals surface area contributed by atoms with Crippen molar-refractivity contribution in [3.8, 4) is 0 Å². The Labute approximate surface area is 97.1 Å². The zero-order chi connectivity index (χ0) is 12.4. The van der Waals surface area contributed by atoms with Gasteiger partial charge in [0.2, 0.25) is 0 Å². The van der Waals surface area contributed by atoms with Crippen LogP contribution < -0.4 is 0 Å². The average molecular weight is 221 g/mol. The summed E-state index contributed by atoms with van der Waals surface area (Å²) in [4.78, 5) is 32.0. The Bertz CT molecular complexity index is 258. The largest absolute Gasteiger partial charge is 0.316 e. The number of nitrogens with zero attached hydrogens (tertiary/aromatic N) is 1. The molecule has 1 aliphatic rings. The minimum Gasteiger partial charge on any atom is -0.316 e. The van der Waals surface area contributed by atoms with Crippen LogP contribution in [0.25, 0.3) is 0 Å². The molecule has 0 unspecified atom stereocenters. The molecular weight excluding hydrogens is 205 g/mol. The van der Waals surface area contributed by atoms with Crippen molar-refractivity contribution in [1.82, 2.24) is 4.90 Å². The van der Waals surface area contributed by atoms with Gasteiger partial charge in [-0.3, -0.25) is 14.5 Å². The van der Waals surface area contributed by atoms with Gasteiger partial charge in [-0.2, -0.15) is 0 Å². The fourth-order valence-corrected chi connectivity index (χ4v) is 1.35. The summed E-state index contributed by atoms with van der Waals surface area (Å²) in [7, 11) is 4.17. The monoisotopic (exact) mass is 221 g/mol. The maximum atomic E-state index is 11.1. The van der Waals surface area contributed by atoms with Gasteiger partial charge >= 0.3 is 0 Å². The summed E-state index contributed by atoms with van der Waals surface area (Å²) in [6.45, 7) is 2.71. The van der Waals surface area contributed by atoms with Crippen LogP contribution in [-0.2, 0) is 14.4 Å². The van der Waals surface area contributed by atoms with Crippen LogP contribution in [0.1, 0.15) is 32.6 Å². The molecule has 0 bridgehead atoms. The summed E-state index contributed by atoms with van der Waals surface area (Å²) in [6.07, 6.45) is 7.27. The third-order valence-electron chi connectivity index (χ3n) is 2.14. The summed E-state index contributed by atoms with van der Waals surface area (Å²) in [5.41, 5.74) is 0. The van der Waals surface area contributed by atoms with Gasteiger partial charge in [-0.15, -0.1) is 0 Å². The van der Waals surface area contributed by atoms with Gasteiger partial charge in [0.15, 0.2) is 7.85 Å². The molecule has 1 heterocycles. The van der Waals surface area contributed by atoms with Gasteiger partial charge in [-0.05, 0) is 6.42 Å². The van der Waals surface area contributed by atoms with Gasteiger partial charge in [0.1, 0.15) is 0 Å². The lowest BCUT2D eigenvalue weighted by Gasteiger charge is -2.12. The Morgan fingerprint density at radius 1 is 1.19 bits per heavy atom. The van der Waals surface area contributed by atoms with Crippen molar-refractivity contribution in [1.29, 1.82) is 0 Å². The van der Waals surface area contributed by atoms with Crippen LogP contribution in [0, 0.1) is 0 Å². The fraction of sp³-hybridized carbons (Fsp3) is 0.545. The smallest absolute Gasteiger partial charge is 0.253 e. The van der Waals surface area contributed by atoms with Crippen molar-refractivity contribution in [2.75, 3.05) is 6.54 Å². The van der Waals surface area contributed by atoms with E-state index in [2.05, 4.69) is 14.8 Å². The molecule has 0 aromatic rings. The highest BCUT2D eigenvalue weighted by Crippen LogP contribution is 2.07. The van der Waals surface area contributed by atoms with E-state index in [1.165, 1.54) is 29.9 Å². The van der Waals surface area contributed by atoms with Crippen molar-refractivity contribution in [3.63, 3.8) is 0 Å². The van der Waals surface area contributed by atoms with Crippen molar-refractivity contribution in [2.45, 2.75) is 32.6 Å². The van der Waals surface area contributed by atoms with Crippen LogP contribution >= 0.6 is 0 Å². The molecule has 5 heteroatoms. The molecule has 0 aromatic carbocycles. The van der Waals surface area contributed by atoms with Crippen LogP contribution in [-0.4, -0.2) is 37.3 Å². The fourth-order valence-electron chi connectivity index (χ4n) is 1.35. The number of carbonyl (C=O) groups is 3. The number of unbranched alkanes of at least 4 members (excludes halogenated alkanes) is 3.